The van der Waals surface area contributed by atoms with Crippen LogP contribution in [0.2, 0.25) is 0 Å². The summed E-state index contributed by atoms with van der Waals surface area (Å²) >= 11 is 0. The second kappa shape index (κ2) is 6.31. The van der Waals surface area contributed by atoms with Gasteiger partial charge in [-0.2, -0.15) is 0 Å². The molecule has 7 heteroatoms. The molecule has 1 aromatic carbocycles. The summed E-state index contributed by atoms with van der Waals surface area (Å²) in [5, 5.41) is 2.64. The Labute approximate surface area is 117 Å². The monoisotopic (exact) mass is 296 g/mol. The lowest BCUT2D eigenvalue weighted by Crippen LogP contribution is -2.64. The van der Waals surface area contributed by atoms with Crippen LogP contribution in [0.5, 0.6) is 0 Å². The normalized spacial score (nSPS) is 23.7. The van der Waals surface area contributed by atoms with E-state index in [0.29, 0.717) is 18.5 Å². The smallest absolute Gasteiger partial charge is 0.292 e. The van der Waals surface area contributed by atoms with Crippen molar-refractivity contribution in [2.45, 2.75) is 25.4 Å². The van der Waals surface area contributed by atoms with Crippen molar-refractivity contribution in [3.05, 3.63) is 35.9 Å². The van der Waals surface area contributed by atoms with E-state index in [4.69, 9.17) is 4.89 Å². The summed E-state index contributed by atoms with van der Waals surface area (Å²) in [6, 6.07) is 7.89. The maximum Gasteiger partial charge on any atom is 0.292 e. The number of ketones is 1. The van der Waals surface area contributed by atoms with Gasteiger partial charge in [-0.1, -0.05) is 37.3 Å². The van der Waals surface area contributed by atoms with Crippen LogP contribution in [-0.4, -0.2) is 39.9 Å². The maximum atomic E-state index is 11.9. The Hall–Kier alpha value is -1.49. The molecule has 1 amide bonds. The first kappa shape index (κ1) is 14.9. The lowest BCUT2D eigenvalue weighted by Gasteiger charge is -2.45. The maximum absolute atomic E-state index is 11.9. The van der Waals surface area contributed by atoms with Crippen LogP contribution in [0.4, 0.5) is 0 Å². The molecule has 0 saturated carbocycles. The van der Waals surface area contributed by atoms with Gasteiger partial charge in [-0.3, -0.25) is 14.2 Å². The molecule has 1 saturated heterocycles. The van der Waals surface area contributed by atoms with Crippen LogP contribution in [-0.2, 0) is 9.36 Å². The van der Waals surface area contributed by atoms with Crippen LogP contribution in [0.3, 0.4) is 0 Å². The summed E-state index contributed by atoms with van der Waals surface area (Å²) in [7, 11) is -2.73. The van der Waals surface area contributed by atoms with Crippen molar-refractivity contribution in [1.29, 1.82) is 0 Å². The van der Waals surface area contributed by atoms with Crippen molar-refractivity contribution in [3.63, 3.8) is 0 Å². The molecule has 1 aliphatic rings. The fraction of sp³-hybridized carbons (Fsp3) is 0.385. The highest BCUT2D eigenvalue weighted by molar-refractivity contribution is 7.35. The van der Waals surface area contributed by atoms with E-state index >= 15 is 0 Å². The number of hydrogen-bond acceptors (Lipinski definition) is 3. The molecule has 20 heavy (non-hydrogen) atoms. The van der Waals surface area contributed by atoms with Crippen molar-refractivity contribution in [3.8, 4) is 0 Å². The van der Waals surface area contributed by atoms with E-state index in [0.717, 1.165) is 0 Å². The summed E-state index contributed by atoms with van der Waals surface area (Å²) in [5.41, 5.74) is 0.338. The van der Waals surface area contributed by atoms with Crippen LogP contribution in [0.25, 0.3) is 0 Å². The Bertz CT molecular complexity index is 534. The molecule has 0 aliphatic carbocycles. The number of Topliss-reactive ketones (excluding diaryl/α,β-unsaturated/α-hetero) is 1. The minimum Gasteiger partial charge on any atom is -0.344 e. The number of nitrogens with one attached hydrogen (secondary N) is 1. The molecule has 1 heterocycles. The van der Waals surface area contributed by atoms with Crippen LogP contribution in [0.1, 0.15) is 23.7 Å². The van der Waals surface area contributed by atoms with E-state index in [1.165, 1.54) is 4.67 Å². The number of amides is 1. The zero-order chi connectivity index (χ0) is 14.7. The van der Waals surface area contributed by atoms with E-state index in [-0.39, 0.29) is 12.1 Å². The van der Waals surface area contributed by atoms with Gasteiger partial charge in [0, 0.05) is 18.2 Å². The van der Waals surface area contributed by atoms with E-state index < -0.39 is 19.9 Å². The molecule has 0 spiro atoms. The number of carbonyl (C=O) groups excluding carboxylic acids is 2. The summed E-state index contributed by atoms with van der Waals surface area (Å²) in [5.74, 6) is -1.26. The fourth-order valence-electron chi connectivity index (χ4n) is 2.37. The number of hydrogen-bond donors (Lipinski definition) is 2. The predicted octanol–water partition coefficient (Wildman–Crippen LogP) is 0.830. The van der Waals surface area contributed by atoms with Crippen molar-refractivity contribution < 1.29 is 19.0 Å². The van der Waals surface area contributed by atoms with Gasteiger partial charge in [0.1, 0.15) is 0 Å². The second-order valence-electron chi connectivity index (χ2n) is 4.69. The highest BCUT2D eigenvalue weighted by atomic mass is 31.1. The van der Waals surface area contributed by atoms with Gasteiger partial charge in [0.05, 0.1) is 6.04 Å². The average Bonchev–Trinajstić information content (AvgIpc) is 2.42. The minimum atomic E-state index is -2.73. The fourth-order valence-corrected chi connectivity index (χ4v) is 3.37. The van der Waals surface area contributed by atoms with Crippen LogP contribution in [0.15, 0.2) is 30.3 Å². The molecular weight excluding hydrogens is 279 g/mol. The SMILES string of the molecule is CC[C@H]1C(NC(=O)C(=O)c2ccccc2)CN1[PH](=O)O. The Morgan fingerprint density at radius 3 is 2.60 bits per heavy atom. The van der Waals surface area contributed by atoms with Gasteiger partial charge in [0.15, 0.2) is 0 Å². The first-order chi connectivity index (χ1) is 9.54. The third-order valence-corrected chi connectivity index (χ3v) is 4.49. The molecular formula is C13H17N2O4P. The van der Waals surface area contributed by atoms with Gasteiger partial charge in [0.25, 0.3) is 14.1 Å². The van der Waals surface area contributed by atoms with Crippen molar-refractivity contribution in [2.24, 2.45) is 0 Å². The van der Waals surface area contributed by atoms with Crippen LogP contribution >= 0.6 is 8.18 Å². The Morgan fingerprint density at radius 1 is 1.40 bits per heavy atom. The zero-order valence-corrected chi connectivity index (χ0v) is 12.1. The Kier molecular flexibility index (Phi) is 4.70. The minimum absolute atomic E-state index is 0.182. The highest BCUT2D eigenvalue weighted by Crippen LogP contribution is 2.35. The number of carbonyl (C=O) groups is 2. The van der Waals surface area contributed by atoms with E-state index in [9.17, 15) is 14.2 Å². The molecule has 108 valence electrons. The Morgan fingerprint density at radius 2 is 2.05 bits per heavy atom. The first-order valence-electron chi connectivity index (χ1n) is 6.44. The van der Waals surface area contributed by atoms with Crippen LogP contribution in [0, 0.1) is 0 Å². The van der Waals surface area contributed by atoms with Gasteiger partial charge in [0.2, 0.25) is 5.78 Å². The van der Waals surface area contributed by atoms with Gasteiger partial charge in [-0.05, 0) is 6.42 Å². The molecule has 2 unspecified atom stereocenters. The highest BCUT2D eigenvalue weighted by Gasteiger charge is 2.41. The van der Waals surface area contributed by atoms with Crippen molar-refractivity contribution in [2.75, 3.05) is 6.54 Å². The van der Waals surface area contributed by atoms with Gasteiger partial charge < -0.3 is 10.2 Å². The summed E-state index contributed by atoms with van der Waals surface area (Å²) in [4.78, 5) is 32.9. The predicted molar refractivity (Wildman–Crippen MR) is 74.7 cm³/mol. The van der Waals surface area contributed by atoms with Gasteiger partial charge in [-0.25, -0.2) is 4.67 Å². The molecule has 0 radical (unpaired) electrons. The largest absolute Gasteiger partial charge is 0.344 e. The standard InChI is InChI=1S/C13H17N2O4P/c1-2-11-10(8-15(11)20(18)19)14-13(17)12(16)9-6-4-3-5-7-9/h3-7,10-11,20H,2,8H2,1H3,(H,14,17)(H,18,19)/t10?,11-/m0/s1. The van der Waals surface area contributed by atoms with Gasteiger partial charge in [-0.15, -0.1) is 0 Å². The molecule has 0 bridgehead atoms. The molecule has 1 fully saturated rings. The number of rotatable bonds is 5. The van der Waals surface area contributed by atoms with E-state index in [2.05, 4.69) is 5.32 Å². The second-order valence-corrected chi connectivity index (χ2v) is 5.83. The van der Waals surface area contributed by atoms with E-state index in [1.807, 2.05) is 6.92 Å². The van der Waals surface area contributed by atoms with Crippen molar-refractivity contribution >= 4 is 19.9 Å². The molecule has 2 N–H and O–H groups in total. The average molecular weight is 296 g/mol. The molecule has 6 nitrogen and oxygen atoms in total. The summed E-state index contributed by atoms with van der Waals surface area (Å²) < 4.78 is 12.5. The lowest BCUT2D eigenvalue weighted by molar-refractivity contribution is -0.119. The van der Waals surface area contributed by atoms with Crippen LogP contribution < -0.4 is 5.32 Å². The molecule has 1 aliphatic heterocycles. The summed E-state index contributed by atoms with van der Waals surface area (Å²) in [6.07, 6.45) is 0.640. The third-order valence-electron chi connectivity index (χ3n) is 3.48. The Balaban J connectivity index is 1.96. The van der Waals surface area contributed by atoms with Crippen molar-refractivity contribution in [1.82, 2.24) is 9.99 Å². The quantitative estimate of drug-likeness (QED) is 0.477. The zero-order valence-electron chi connectivity index (χ0n) is 11.1. The molecule has 0 aromatic heterocycles. The summed E-state index contributed by atoms with van der Waals surface area (Å²) in [6.45, 7) is 2.18. The third kappa shape index (κ3) is 2.98. The number of nitrogens with zero attached hydrogens (tertiary/aromatic N) is 1. The van der Waals surface area contributed by atoms with E-state index in [1.54, 1.807) is 30.3 Å². The molecule has 2 rings (SSSR count). The molecule has 1 aromatic rings. The van der Waals surface area contributed by atoms with Gasteiger partial charge >= 0.3 is 0 Å². The first-order valence-corrected chi connectivity index (χ1v) is 7.74. The lowest BCUT2D eigenvalue weighted by atomic mass is 9.97. The topological polar surface area (TPSA) is 86.7 Å². The number of benzene rings is 1. The molecule has 3 atom stereocenters.